The van der Waals surface area contributed by atoms with E-state index in [0.717, 1.165) is 53.9 Å². The van der Waals surface area contributed by atoms with Crippen LogP contribution in [0.3, 0.4) is 0 Å². The number of hydrogen-bond acceptors (Lipinski definition) is 2. The maximum Gasteiger partial charge on any atom is 0.264 e. The average Bonchev–Trinajstić information content (AvgIpc) is 3.04. The van der Waals surface area contributed by atoms with Crippen molar-refractivity contribution in [3.63, 3.8) is 0 Å². The van der Waals surface area contributed by atoms with Crippen molar-refractivity contribution in [2.45, 2.75) is 84.5 Å². The molecule has 2 rings (SSSR count). The zero-order valence-electron chi connectivity index (χ0n) is 19.3. The van der Waals surface area contributed by atoms with E-state index in [1.54, 1.807) is 16.4 Å². The molecule has 0 fully saturated rings. The molecule has 1 aromatic heterocycles. The van der Waals surface area contributed by atoms with E-state index in [4.69, 9.17) is 0 Å². The molecule has 4 nitrogen and oxygen atoms in total. The number of unbranched alkanes of at least 4 members (excludes halogenated alkanes) is 5. The van der Waals surface area contributed by atoms with Crippen molar-refractivity contribution in [3.05, 3.63) is 58.9 Å². The Balaban J connectivity index is 2.50. The molecule has 0 aliphatic rings. The monoisotopic (exact) mass is 430 g/mol. The molecule has 0 saturated heterocycles. The van der Waals surface area contributed by atoms with E-state index in [1.807, 2.05) is 32.9 Å². The molecule has 1 heterocycles. The van der Waals surface area contributed by atoms with Crippen LogP contribution in [0.15, 0.2) is 41.3 Å². The van der Waals surface area contributed by atoms with E-state index >= 15 is 0 Å². The summed E-state index contributed by atoms with van der Waals surface area (Å²) in [4.78, 5) is 3.70. The molecule has 1 N–H and O–H groups in total. The number of aromatic amines is 1. The third kappa shape index (κ3) is 6.24. The molecule has 166 valence electrons. The number of H-pyrrole nitrogens is 1. The first-order valence-electron chi connectivity index (χ1n) is 11.3. The van der Waals surface area contributed by atoms with Crippen molar-refractivity contribution in [3.8, 4) is 0 Å². The molecule has 2 aromatic rings. The number of aromatic nitrogens is 1. The van der Waals surface area contributed by atoms with Crippen molar-refractivity contribution >= 4 is 15.7 Å². The maximum absolute atomic E-state index is 13.7. The molecule has 0 radical (unpaired) electrons. The number of allylic oxidation sites excluding steroid dienone is 1. The number of nitrogens with one attached hydrogen (secondary N) is 1. The van der Waals surface area contributed by atoms with Gasteiger partial charge in [0.1, 0.15) is 0 Å². The minimum absolute atomic E-state index is 0.353. The summed E-state index contributed by atoms with van der Waals surface area (Å²) in [7, 11) is -3.64. The molecule has 0 aliphatic carbocycles. The van der Waals surface area contributed by atoms with Crippen LogP contribution in [0.2, 0.25) is 0 Å². The number of rotatable bonds is 12. The first kappa shape index (κ1) is 24.3. The minimum Gasteiger partial charge on any atom is -0.362 e. The van der Waals surface area contributed by atoms with Crippen molar-refractivity contribution < 1.29 is 8.42 Å². The Kier molecular flexibility index (Phi) is 9.22. The fraction of sp³-hybridized carbons (Fsp3) is 0.520. The lowest BCUT2D eigenvalue weighted by Crippen LogP contribution is -2.31. The highest BCUT2D eigenvalue weighted by molar-refractivity contribution is 7.89. The Hall–Kier alpha value is -2.01. The summed E-state index contributed by atoms with van der Waals surface area (Å²) in [6.07, 6.45) is 9.42. The van der Waals surface area contributed by atoms with E-state index in [9.17, 15) is 8.42 Å². The SMILES string of the molecule is CCCCCC/C=C(/c1cc(C)[nH]c1C)N(CCCC)S(=O)(=O)c1ccc(C)cc1. The van der Waals surface area contributed by atoms with Gasteiger partial charge in [-0.15, -0.1) is 0 Å². The fourth-order valence-corrected chi connectivity index (χ4v) is 5.19. The first-order chi connectivity index (χ1) is 14.3. The first-order valence-corrected chi connectivity index (χ1v) is 12.7. The Labute approximate surface area is 183 Å². The molecule has 0 amide bonds. The van der Waals surface area contributed by atoms with Crippen molar-refractivity contribution in [1.82, 2.24) is 9.29 Å². The van der Waals surface area contributed by atoms with E-state index in [2.05, 4.69) is 31.0 Å². The van der Waals surface area contributed by atoms with E-state index in [-0.39, 0.29) is 0 Å². The van der Waals surface area contributed by atoms with Gasteiger partial charge in [-0.25, -0.2) is 8.42 Å². The molecule has 0 unspecified atom stereocenters. The summed E-state index contributed by atoms with van der Waals surface area (Å²) < 4.78 is 29.0. The third-order valence-electron chi connectivity index (χ3n) is 5.41. The van der Waals surface area contributed by atoms with Gasteiger partial charge in [0.2, 0.25) is 0 Å². The van der Waals surface area contributed by atoms with Crippen LogP contribution in [0, 0.1) is 20.8 Å². The lowest BCUT2D eigenvalue weighted by molar-refractivity contribution is 0.497. The van der Waals surface area contributed by atoms with Gasteiger partial charge in [-0.3, -0.25) is 4.31 Å². The average molecular weight is 431 g/mol. The summed E-state index contributed by atoms with van der Waals surface area (Å²) in [6.45, 7) is 10.8. The molecule has 0 aliphatic heterocycles. The van der Waals surface area contributed by atoms with Gasteiger partial charge in [0.15, 0.2) is 0 Å². The van der Waals surface area contributed by atoms with Crippen molar-refractivity contribution in [1.29, 1.82) is 0 Å². The molecule has 0 spiro atoms. The highest BCUT2D eigenvalue weighted by Crippen LogP contribution is 2.31. The standard InChI is InChI=1S/C25H38N2O2S/c1-6-8-10-11-12-13-25(24-19-21(4)26-22(24)5)27(18-9-7-2)30(28,29)23-16-14-20(3)15-17-23/h13-17,19,26H,6-12,18H2,1-5H3/b25-13-. The van der Waals surface area contributed by atoms with Crippen molar-refractivity contribution in [2.75, 3.05) is 6.54 Å². The van der Waals surface area contributed by atoms with Crippen LogP contribution >= 0.6 is 0 Å². The van der Waals surface area contributed by atoms with Crippen molar-refractivity contribution in [2.24, 2.45) is 0 Å². The lowest BCUT2D eigenvalue weighted by atomic mass is 10.1. The van der Waals surface area contributed by atoms with Gasteiger partial charge in [0.05, 0.1) is 10.6 Å². The van der Waals surface area contributed by atoms with Gasteiger partial charge in [-0.1, -0.05) is 63.3 Å². The molecule has 0 bridgehead atoms. The predicted octanol–water partition coefficient (Wildman–Crippen LogP) is 6.74. The number of nitrogens with zero attached hydrogens (tertiary/aromatic N) is 1. The number of hydrogen-bond donors (Lipinski definition) is 1. The fourth-order valence-electron chi connectivity index (χ4n) is 3.66. The number of aryl methyl sites for hydroxylation is 3. The van der Waals surface area contributed by atoms with Gasteiger partial charge >= 0.3 is 0 Å². The molecular weight excluding hydrogens is 392 g/mol. The maximum atomic E-state index is 13.7. The molecule has 0 saturated carbocycles. The van der Waals surface area contributed by atoms with E-state index < -0.39 is 10.0 Å². The lowest BCUT2D eigenvalue weighted by Gasteiger charge is -2.27. The predicted molar refractivity (Wildman–Crippen MR) is 127 cm³/mol. The third-order valence-corrected chi connectivity index (χ3v) is 7.24. The second-order valence-electron chi connectivity index (χ2n) is 8.17. The topological polar surface area (TPSA) is 53.2 Å². The summed E-state index contributed by atoms with van der Waals surface area (Å²) in [6, 6.07) is 9.24. The Morgan fingerprint density at radius 3 is 2.20 bits per heavy atom. The molecular formula is C25H38N2O2S. The Bertz CT molecular complexity index is 925. The van der Waals surface area contributed by atoms with Gasteiger partial charge < -0.3 is 4.98 Å². The minimum atomic E-state index is -3.64. The van der Waals surface area contributed by atoms with E-state index in [0.29, 0.717) is 11.4 Å². The summed E-state index contributed by atoms with van der Waals surface area (Å²) in [5.41, 5.74) is 4.89. The normalized spacial score (nSPS) is 12.4. The smallest absolute Gasteiger partial charge is 0.264 e. The van der Waals surface area contributed by atoms with Crippen LogP contribution in [-0.2, 0) is 10.0 Å². The van der Waals surface area contributed by atoms with Crippen LogP contribution in [0.25, 0.3) is 5.70 Å². The zero-order chi connectivity index (χ0) is 22.1. The van der Waals surface area contributed by atoms with Gasteiger partial charge in [-0.05, 0) is 58.2 Å². The van der Waals surface area contributed by atoms with Crippen LogP contribution in [-0.4, -0.2) is 24.3 Å². The van der Waals surface area contributed by atoms with Crippen LogP contribution in [0.1, 0.15) is 81.3 Å². The van der Waals surface area contributed by atoms with Crippen LogP contribution in [0.4, 0.5) is 0 Å². The van der Waals surface area contributed by atoms with Gasteiger partial charge in [0.25, 0.3) is 10.0 Å². The van der Waals surface area contributed by atoms with E-state index in [1.165, 1.54) is 19.3 Å². The molecule has 30 heavy (non-hydrogen) atoms. The molecule has 1 aromatic carbocycles. The number of benzene rings is 1. The van der Waals surface area contributed by atoms with Gasteiger partial charge in [0, 0.05) is 23.5 Å². The highest BCUT2D eigenvalue weighted by atomic mass is 32.2. The zero-order valence-corrected chi connectivity index (χ0v) is 20.1. The second kappa shape index (κ2) is 11.4. The molecule has 5 heteroatoms. The quantitative estimate of drug-likeness (QED) is 0.379. The van der Waals surface area contributed by atoms with Crippen LogP contribution < -0.4 is 0 Å². The largest absolute Gasteiger partial charge is 0.362 e. The van der Waals surface area contributed by atoms with Crippen LogP contribution in [0.5, 0.6) is 0 Å². The highest BCUT2D eigenvalue weighted by Gasteiger charge is 2.28. The second-order valence-corrected chi connectivity index (χ2v) is 10.0. The summed E-state index contributed by atoms with van der Waals surface area (Å²) in [5.74, 6) is 0. The Morgan fingerprint density at radius 2 is 1.63 bits per heavy atom. The molecule has 0 atom stereocenters. The number of sulfonamides is 1. The Morgan fingerprint density at radius 1 is 0.967 bits per heavy atom. The van der Waals surface area contributed by atoms with Gasteiger partial charge in [-0.2, -0.15) is 0 Å². The summed E-state index contributed by atoms with van der Waals surface area (Å²) >= 11 is 0. The summed E-state index contributed by atoms with van der Waals surface area (Å²) in [5, 5.41) is 0.